The standard InChI is InChI=1S/C42H28N2O/c1-42(2)36-23-26(25-16-19-38-35(22-25)29-8-3-4-10-34(29)41-43-20-21-44(38)41)14-17-30(36)31-18-15-27(24-37(31)42)28-11-7-12-33-32-9-5-6-13-39(32)45-40(28)33/h3-24H,1-2H3. The first kappa shape index (κ1) is 24.7. The summed E-state index contributed by atoms with van der Waals surface area (Å²) in [5.41, 5.74) is 14.0. The summed E-state index contributed by atoms with van der Waals surface area (Å²) in [7, 11) is 0. The van der Waals surface area contributed by atoms with Crippen LogP contribution in [0.3, 0.4) is 0 Å². The first-order valence-corrected chi connectivity index (χ1v) is 15.5. The zero-order valence-electron chi connectivity index (χ0n) is 25.0. The molecule has 3 aromatic heterocycles. The van der Waals surface area contributed by atoms with Crippen LogP contribution in [0.25, 0.3) is 82.6 Å². The Balaban J connectivity index is 1.11. The predicted molar refractivity (Wildman–Crippen MR) is 186 cm³/mol. The fourth-order valence-corrected chi connectivity index (χ4v) is 7.81. The van der Waals surface area contributed by atoms with Crippen LogP contribution in [-0.2, 0) is 5.41 Å². The Bertz CT molecular complexity index is 2690. The van der Waals surface area contributed by atoms with Gasteiger partial charge in [-0.1, -0.05) is 105 Å². The normalized spacial score (nSPS) is 13.7. The van der Waals surface area contributed by atoms with E-state index in [-0.39, 0.29) is 5.41 Å². The number of aromatic nitrogens is 2. The number of pyridine rings is 1. The number of hydrogen-bond acceptors (Lipinski definition) is 2. The molecular formula is C42H28N2O. The Morgan fingerprint density at radius 2 is 1.22 bits per heavy atom. The summed E-state index contributed by atoms with van der Waals surface area (Å²) < 4.78 is 8.61. The Labute approximate surface area is 260 Å². The maximum atomic E-state index is 6.41. The SMILES string of the molecule is CC1(C)c2cc(-c3ccc4c(c3)c3ccccc3c3nccn43)ccc2-c2ccc(-c3cccc4c3oc3ccccc34)cc21. The highest BCUT2D eigenvalue weighted by Gasteiger charge is 2.36. The van der Waals surface area contributed by atoms with E-state index in [4.69, 9.17) is 4.42 Å². The van der Waals surface area contributed by atoms with Gasteiger partial charge in [0.1, 0.15) is 16.8 Å². The third kappa shape index (κ3) is 3.33. The summed E-state index contributed by atoms with van der Waals surface area (Å²) in [6, 6.07) is 44.2. The number of hydrogen-bond donors (Lipinski definition) is 0. The van der Waals surface area contributed by atoms with Crippen LogP contribution in [0.5, 0.6) is 0 Å². The number of imidazole rings is 1. The molecule has 9 aromatic rings. The summed E-state index contributed by atoms with van der Waals surface area (Å²) in [6.45, 7) is 4.72. The topological polar surface area (TPSA) is 30.4 Å². The van der Waals surface area contributed by atoms with Crippen molar-refractivity contribution in [3.05, 3.63) is 145 Å². The van der Waals surface area contributed by atoms with Gasteiger partial charge in [0.25, 0.3) is 0 Å². The summed E-state index contributed by atoms with van der Waals surface area (Å²) in [4.78, 5) is 4.66. The van der Waals surface area contributed by atoms with Crippen molar-refractivity contribution in [3.63, 3.8) is 0 Å². The fraction of sp³-hybridized carbons (Fsp3) is 0.0714. The van der Waals surface area contributed by atoms with Gasteiger partial charge in [-0.2, -0.15) is 0 Å². The molecule has 0 radical (unpaired) electrons. The van der Waals surface area contributed by atoms with Gasteiger partial charge in [0.05, 0.1) is 5.52 Å². The lowest BCUT2D eigenvalue weighted by Gasteiger charge is -2.23. The van der Waals surface area contributed by atoms with Gasteiger partial charge in [0.15, 0.2) is 0 Å². The van der Waals surface area contributed by atoms with Gasteiger partial charge in [-0.15, -0.1) is 0 Å². The first-order valence-electron chi connectivity index (χ1n) is 15.5. The molecule has 0 amide bonds. The summed E-state index contributed by atoms with van der Waals surface area (Å²) in [6.07, 6.45) is 3.94. The average molecular weight is 577 g/mol. The monoisotopic (exact) mass is 576 g/mol. The van der Waals surface area contributed by atoms with Crippen molar-refractivity contribution < 1.29 is 4.42 Å². The van der Waals surface area contributed by atoms with Gasteiger partial charge in [-0.25, -0.2) is 4.98 Å². The van der Waals surface area contributed by atoms with Crippen LogP contribution < -0.4 is 0 Å². The highest BCUT2D eigenvalue weighted by atomic mass is 16.3. The molecular weight excluding hydrogens is 548 g/mol. The zero-order chi connectivity index (χ0) is 29.9. The molecule has 0 saturated heterocycles. The molecule has 0 bridgehead atoms. The molecule has 0 fully saturated rings. The lowest BCUT2D eigenvalue weighted by atomic mass is 9.80. The van der Waals surface area contributed by atoms with Crippen LogP contribution >= 0.6 is 0 Å². The van der Waals surface area contributed by atoms with E-state index in [9.17, 15) is 0 Å². The zero-order valence-corrected chi connectivity index (χ0v) is 25.0. The quantitative estimate of drug-likeness (QED) is 0.192. The molecule has 1 aliphatic rings. The Hall–Kier alpha value is -5.67. The van der Waals surface area contributed by atoms with Crippen LogP contribution in [-0.4, -0.2) is 9.38 Å². The average Bonchev–Trinajstić information content (AvgIpc) is 3.78. The molecule has 0 spiro atoms. The van der Waals surface area contributed by atoms with Gasteiger partial charge in [-0.3, -0.25) is 4.40 Å². The van der Waals surface area contributed by atoms with E-state index in [2.05, 4.69) is 145 Å². The highest BCUT2D eigenvalue weighted by Crippen LogP contribution is 2.51. The van der Waals surface area contributed by atoms with Crippen molar-refractivity contribution in [2.45, 2.75) is 19.3 Å². The molecule has 10 rings (SSSR count). The number of fused-ring (bicyclic) bond motifs is 12. The minimum atomic E-state index is -0.148. The lowest BCUT2D eigenvalue weighted by molar-refractivity contribution is 0.660. The number of furan rings is 1. The predicted octanol–water partition coefficient (Wildman–Crippen LogP) is 11.2. The molecule has 3 heterocycles. The second-order valence-corrected chi connectivity index (χ2v) is 12.8. The Kier molecular flexibility index (Phi) is 4.79. The maximum absolute atomic E-state index is 6.41. The van der Waals surface area contributed by atoms with Crippen molar-refractivity contribution in [2.24, 2.45) is 0 Å². The van der Waals surface area contributed by atoms with E-state index >= 15 is 0 Å². The van der Waals surface area contributed by atoms with Crippen molar-refractivity contribution in [1.82, 2.24) is 9.38 Å². The minimum Gasteiger partial charge on any atom is -0.455 e. The third-order valence-corrected chi connectivity index (χ3v) is 10.1. The van der Waals surface area contributed by atoms with Gasteiger partial charge < -0.3 is 4.42 Å². The van der Waals surface area contributed by atoms with Crippen molar-refractivity contribution in [2.75, 3.05) is 0 Å². The number of para-hydroxylation sites is 2. The molecule has 3 heteroatoms. The molecule has 0 atom stereocenters. The van der Waals surface area contributed by atoms with Crippen LogP contribution in [0, 0.1) is 0 Å². The molecule has 212 valence electrons. The van der Waals surface area contributed by atoms with E-state index < -0.39 is 0 Å². The smallest absolute Gasteiger partial charge is 0.145 e. The van der Waals surface area contributed by atoms with E-state index in [0.29, 0.717) is 0 Å². The van der Waals surface area contributed by atoms with Crippen LogP contribution in [0.15, 0.2) is 138 Å². The summed E-state index contributed by atoms with van der Waals surface area (Å²) in [5, 5.41) is 5.96. The largest absolute Gasteiger partial charge is 0.455 e. The first-order chi connectivity index (χ1) is 22.1. The lowest BCUT2D eigenvalue weighted by Crippen LogP contribution is -2.15. The summed E-state index contributed by atoms with van der Waals surface area (Å²) in [5.74, 6) is 0. The van der Waals surface area contributed by atoms with Crippen LogP contribution in [0.1, 0.15) is 25.0 Å². The molecule has 3 nitrogen and oxygen atoms in total. The van der Waals surface area contributed by atoms with Crippen LogP contribution in [0.4, 0.5) is 0 Å². The molecule has 45 heavy (non-hydrogen) atoms. The molecule has 6 aromatic carbocycles. The third-order valence-electron chi connectivity index (χ3n) is 10.1. The Morgan fingerprint density at radius 3 is 2.07 bits per heavy atom. The molecule has 1 aliphatic carbocycles. The van der Waals surface area contributed by atoms with E-state index in [0.717, 1.165) is 33.1 Å². The Morgan fingerprint density at radius 1 is 0.556 bits per heavy atom. The van der Waals surface area contributed by atoms with Gasteiger partial charge >= 0.3 is 0 Å². The molecule has 0 saturated carbocycles. The van der Waals surface area contributed by atoms with Crippen LogP contribution in [0.2, 0.25) is 0 Å². The van der Waals surface area contributed by atoms with Gasteiger partial charge in [0.2, 0.25) is 0 Å². The van der Waals surface area contributed by atoms with Gasteiger partial charge in [0, 0.05) is 44.9 Å². The summed E-state index contributed by atoms with van der Waals surface area (Å²) >= 11 is 0. The fourth-order valence-electron chi connectivity index (χ4n) is 7.81. The van der Waals surface area contributed by atoms with E-state index in [1.807, 2.05) is 12.3 Å². The van der Waals surface area contributed by atoms with Crippen molar-refractivity contribution in [3.8, 4) is 33.4 Å². The van der Waals surface area contributed by atoms with Gasteiger partial charge in [-0.05, 0) is 74.7 Å². The van der Waals surface area contributed by atoms with Crippen molar-refractivity contribution >= 4 is 49.3 Å². The number of benzene rings is 6. The maximum Gasteiger partial charge on any atom is 0.145 e. The highest BCUT2D eigenvalue weighted by molar-refractivity contribution is 6.13. The number of nitrogens with zero attached hydrogens (tertiary/aromatic N) is 2. The molecule has 0 N–H and O–H groups in total. The second kappa shape index (κ2) is 8.71. The van der Waals surface area contributed by atoms with E-state index in [1.54, 1.807) is 0 Å². The number of rotatable bonds is 2. The second-order valence-electron chi connectivity index (χ2n) is 12.8. The van der Waals surface area contributed by atoms with Crippen molar-refractivity contribution in [1.29, 1.82) is 0 Å². The molecule has 0 unspecified atom stereocenters. The minimum absolute atomic E-state index is 0.148. The van der Waals surface area contributed by atoms with E-state index in [1.165, 1.54) is 60.6 Å². The molecule has 0 aliphatic heterocycles.